The third-order valence-corrected chi connectivity index (χ3v) is 13.7. The van der Waals surface area contributed by atoms with Gasteiger partial charge in [0, 0.05) is 11.3 Å². The van der Waals surface area contributed by atoms with Gasteiger partial charge in [0.2, 0.25) is 0 Å². The molecule has 6 aliphatic rings. The number of ether oxygens (including phenoxy) is 1. The molecule has 0 aromatic heterocycles. The quantitative estimate of drug-likeness (QED) is 0.442. The van der Waals surface area contributed by atoms with Crippen LogP contribution in [0.25, 0.3) is 0 Å². The van der Waals surface area contributed by atoms with Gasteiger partial charge in [-0.25, -0.2) is 0 Å². The summed E-state index contributed by atoms with van der Waals surface area (Å²) in [6.07, 6.45) is 15.3. The number of fused-ring (bicyclic) bond motifs is 5. The van der Waals surface area contributed by atoms with Crippen LogP contribution in [0.2, 0.25) is 0 Å². The van der Waals surface area contributed by atoms with E-state index in [2.05, 4.69) is 34.6 Å². The first-order valence-electron chi connectivity index (χ1n) is 13.8. The lowest BCUT2D eigenvalue weighted by Gasteiger charge is -2.73. The van der Waals surface area contributed by atoms with E-state index in [0.29, 0.717) is 38.9 Å². The van der Waals surface area contributed by atoms with E-state index >= 15 is 0 Å². The van der Waals surface area contributed by atoms with E-state index in [-0.39, 0.29) is 0 Å². The van der Waals surface area contributed by atoms with Crippen molar-refractivity contribution >= 4 is 0 Å². The maximum atomic E-state index is 11.0. The number of rotatable bonds is 0. The Morgan fingerprint density at radius 3 is 2.06 bits per heavy atom. The van der Waals surface area contributed by atoms with Gasteiger partial charge in [0.05, 0.1) is 6.61 Å². The van der Waals surface area contributed by atoms with Crippen molar-refractivity contribution in [2.75, 3.05) is 6.61 Å². The summed E-state index contributed by atoms with van der Waals surface area (Å²) >= 11 is 0. The summed E-state index contributed by atoms with van der Waals surface area (Å²) < 4.78 is 6.26. The topological polar surface area (TPSA) is 29.5 Å². The van der Waals surface area contributed by atoms with Gasteiger partial charge >= 0.3 is 0 Å². The molecular formula is C29H48O2. The molecule has 31 heavy (non-hydrogen) atoms. The van der Waals surface area contributed by atoms with Crippen LogP contribution >= 0.6 is 0 Å². The number of aliphatic hydroxyl groups is 1. The van der Waals surface area contributed by atoms with Crippen LogP contribution in [0.5, 0.6) is 0 Å². The Morgan fingerprint density at radius 1 is 0.645 bits per heavy atom. The van der Waals surface area contributed by atoms with Crippen molar-refractivity contribution in [3.63, 3.8) is 0 Å². The fourth-order valence-corrected chi connectivity index (χ4v) is 12.3. The van der Waals surface area contributed by atoms with E-state index in [0.717, 1.165) is 24.4 Å². The summed E-state index contributed by atoms with van der Waals surface area (Å²) in [6.45, 7) is 16.1. The molecule has 1 saturated heterocycles. The van der Waals surface area contributed by atoms with E-state index in [9.17, 15) is 5.11 Å². The third kappa shape index (κ3) is 2.38. The Balaban J connectivity index is 1.39. The van der Waals surface area contributed by atoms with Gasteiger partial charge in [-0.3, -0.25) is 0 Å². The maximum absolute atomic E-state index is 11.0. The van der Waals surface area contributed by atoms with Crippen LogP contribution in [0.1, 0.15) is 112 Å². The summed E-state index contributed by atoms with van der Waals surface area (Å²) in [5, 5.41) is 11.0. The molecule has 1 heterocycles. The Hall–Kier alpha value is -0.0800. The molecular weight excluding hydrogens is 380 g/mol. The highest BCUT2D eigenvalue weighted by Crippen LogP contribution is 2.78. The summed E-state index contributed by atoms with van der Waals surface area (Å²) in [5.74, 6) is 2.75. The molecule has 1 aliphatic heterocycles. The van der Waals surface area contributed by atoms with E-state index in [1.54, 1.807) is 0 Å². The first-order chi connectivity index (χ1) is 14.4. The molecule has 5 saturated carbocycles. The van der Waals surface area contributed by atoms with Crippen molar-refractivity contribution in [3.05, 3.63) is 0 Å². The first-order valence-corrected chi connectivity index (χ1v) is 13.8. The first kappa shape index (κ1) is 21.5. The second kappa shape index (κ2) is 6.12. The van der Waals surface area contributed by atoms with E-state index in [1.165, 1.54) is 70.6 Å². The molecule has 1 N–H and O–H groups in total. The smallest absolute Gasteiger partial charge is 0.165 e. The largest absolute Gasteiger partial charge is 0.365 e. The van der Waals surface area contributed by atoms with Crippen LogP contribution in [0.15, 0.2) is 0 Å². The Kier molecular flexibility index (Phi) is 4.24. The minimum atomic E-state index is -0.890. The summed E-state index contributed by atoms with van der Waals surface area (Å²) in [7, 11) is 0. The molecule has 5 aliphatic carbocycles. The molecule has 0 radical (unpaired) electrons. The summed E-state index contributed by atoms with van der Waals surface area (Å²) in [6, 6.07) is 0. The van der Waals surface area contributed by atoms with Crippen molar-refractivity contribution in [2.45, 2.75) is 118 Å². The van der Waals surface area contributed by atoms with Gasteiger partial charge in [-0.1, -0.05) is 41.0 Å². The van der Waals surface area contributed by atoms with Crippen molar-refractivity contribution in [3.8, 4) is 0 Å². The molecule has 0 spiro atoms. The molecule has 10 unspecified atom stereocenters. The molecule has 0 aromatic carbocycles. The molecule has 176 valence electrons. The van der Waals surface area contributed by atoms with Crippen molar-refractivity contribution in [1.82, 2.24) is 0 Å². The normalized spacial score (nSPS) is 62.2. The highest BCUT2D eigenvalue weighted by atomic mass is 16.6. The minimum absolute atomic E-state index is 0.345. The van der Waals surface area contributed by atoms with Gasteiger partial charge in [0.25, 0.3) is 0 Å². The van der Waals surface area contributed by atoms with Crippen LogP contribution in [-0.4, -0.2) is 17.5 Å². The fraction of sp³-hybridized carbons (Fsp3) is 1.00. The summed E-state index contributed by atoms with van der Waals surface area (Å²) in [4.78, 5) is 0. The highest BCUT2D eigenvalue weighted by molar-refractivity contribution is 5.20. The van der Waals surface area contributed by atoms with Crippen LogP contribution in [-0.2, 0) is 4.74 Å². The Morgan fingerprint density at radius 2 is 1.29 bits per heavy atom. The van der Waals surface area contributed by atoms with Crippen molar-refractivity contribution in [2.24, 2.45) is 56.7 Å². The van der Waals surface area contributed by atoms with Crippen LogP contribution < -0.4 is 0 Å². The monoisotopic (exact) mass is 428 g/mol. The van der Waals surface area contributed by atoms with Gasteiger partial charge < -0.3 is 9.84 Å². The summed E-state index contributed by atoms with van der Waals surface area (Å²) in [5.41, 5.74) is 2.29. The van der Waals surface area contributed by atoms with Gasteiger partial charge in [-0.05, 0) is 116 Å². The average molecular weight is 429 g/mol. The van der Waals surface area contributed by atoms with Gasteiger partial charge in [0.1, 0.15) is 0 Å². The third-order valence-electron chi connectivity index (χ3n) is 13.7. The van der Waals surface area contributed by atoms with Crippen molar-refractivity contribution in [1.29, 1.82) is 0 Å². The molecule has 6 rings (SSSR count). The lowest BCUT2D eigenvalue weighted by Crippen LogP contribution is -2.68. The second-order valence-corrected chi connectivity index (χ2v) is 14.8. The Bertz CT molecular complexity index is 771. The zero-order valence-corrected chi connectivity index (χ0v) is 21.2. The van der Waals surface area contributed by atoms with E-state index < -0.39 is 5.79 Å². The predicted octanol–water partition coefficient (Wildman–Crippen LogP) is 7.20. The average Bonchev–Trinajstić information content (AvgIpc) is 3.00. The molecule has 0 aromatic rings. The molecule has 2 heteroatoms. The van der Waals surface area contributed by atoms with Crippen LogP contribution in [0.4, 0.5) is 0 Å². The van der Waals surface area contributed by atoms with Crippen LogP contribution in [0.3, 0.4) is 0 Å². The van der Waals surface area contributed by atoms with Gasteiger partial charge in [-0.15, -0.1) is 0 Å². The zero-order chi connectivity index (χ0) is 22.1. The minimum Gasteiger partial charge on any atom is -0.365 e. The SMILES string of the molecule is CC1(C)CCCC2(C)C1CCC1(C)C2CCC2C34CCC(C3CCC21C)C(C)(O)OC4. The van der Waals surface area contributed by atoms with Crippen molar-refractivity contribution < 1.29 is 9.84 Å². The number of hydrogen-bond acceptors (Lipinski definition) is 2. The maximum Gasteiger partial charge on any atom is 0.165 e. The van der Waals surface area contributed by atoms with E-state index in [4.69, 9.17) is 4.74 Å². The molecule has 2 bridgehead atoms. The van der Waals surface area contributed by atoms with E-state index in [1.807, 2.05) is 6.92 Å². The highest BCUT2D eigenvalue weighted by Gasteiger charge is 2.73. The lowest BCUT2D eigenvalue weighted by molar-refractivity contribution is -0.316. The molecule has 0 amide bonds. The van der Waals surface area contributed by atoms with Crippen LogP contribution in [0, 0.1) is 56.7 Å². The van der Waals surface area contributed by atoms with Gasteiger partial charge in [-0.2, -0.15) is 0 Å². The standard InChI is InChI=1S/C29H48O2/c1-24(2)13-7-14-25(3)21(24)12-16-26(4)22(25)8-9-23-27(26,5)15-10-20-19-11-17-29(20,23)18-31-28(19,6)30/h19-23,30H,7-18H2,1-6H3. The zero-order valence-electron chi connectivity index (χ0n) is 21.2. The van der Waals surface area contributed by atoms with Gasteiger partial charge in [0.15, 0.2) is 5.79 Å². The molecule has 2 nitrogen and oxygen atoms in total. The number of hydrogen-bond donors (Lipinski definition) is 1. The second-order valence-electron chi connectivity index (χ2n) is 14.8. The fourth-order valence-electron chi connectivity index (χ4n) is 12.3. The lowest BCUT2D eigenvalue weighted by atomic mass is 9.32. The molecule has 10 atom stereocenters. The Labute approximate surface area is 191 Å². The molecule has 6 fully saturated rings. The predicted molar refractivity (Wildman–Crippen MR) is 125 cm³/mol.